The molecular formula is C14H25N3. The van der Waals surface area contributed by atoms with Gasteiger partial charge in [0, 0.05) is 24.8 Å². The van der Waals surface area contributed by atoms with E-state index in [1.54, 1.807) is 0 Å². The van der Waals surface area contributed by atoms with Crippen molar-refractivity contribution in [1.29, 1.82) is 0 Å². The highest BCUT2D eigenvalue weighted by atomic mass is 15.1. The van der Waals surface area contributed by atoms with Crippen LogP contribution in [0.15, 0.2) is 24.3 Å². The fraction of sp³-hybridized carbons (Fsp3) is 0.571. The summed E-state index contributed by atoms with van der Waals surface area (Å²) in [5.41, 5.74) is 8.20. The number of anilines is 1. The van der Waals surface area contributed by atoms with Crippen LogP contribution in [0.4, 0.5) is 5.69 Å². The van der Waals surface area contributed by atoms with Crippen LogP contribution < -0.4 is 11.1 Å². The Balaban J connectivity index is 2.76. The summed E-state index contributed by atoms with van der Waals surface area (Å²) in [7, 11) is 0. The molecule has 3 N–H and O–H groups in total. The zero-order valence-electron chi connectivity index (χ0n) is 11.2. The molecule has 1 rings (SSSR count). The average molecular weight is 235 g/mol. The maximum Gasteiger partial charge on any atom is 0.0388 e. The van der Waals surface area contributed by atoms with Crippen LogP contribution in [0.3, 0.4) is 0 Å². The molecule has 0 radical (unpaired) electrons. The largest absolute Gasteiger partial charge is 0.381 e. The number of rotatable bonds is 7. The number of nitrogens with zero attached hydrogens (tertiary/aromatic N) is 1. The van der Waals surface area contributed by atoms with Crippen molar-refractivity contribution >= 4 is 5.69 Å². The number of hydrogen-bond donors (Lipinski definition) is 2. The van der Waals surface area contributed by atoms with Gasteiger partial charge < -0.3 is 11.1 Å². The van der Waals surface area contributed by atoms with E-state index in [1.165, 1.54) is 11.3 Å². The molecule has 0 aliphatic rings. The molecule has 0 amide bonds. The summed E-state index contributed by atoms with van der Waals surface area (Å²) < 4.78 is 0. The lowest BCUT2D eigenvalue weighted by Crippen LogP contribution is -2.27. The van der Waals surface area contributed by atoms with E-state index < -0.39 is 0 Å². The van der Waals surface area contributed by atoms with Crippen LogP contribution in [-0.4, -0.2) is 30.6 Å². The van der Waals surface area contributed by atoms with E-state index in [0.717, 1.165) is 19.6 Å². The molecule has 17 heavy (non-hydrogen) atoms. The van der Waals surface area contributed by atoms with Crippen LogP contribution in [0.1, 0.15) is 26.3 Å². The van der Waals surface area contributed by atoms with Gasteiger partial charge in [-0.1, -0.05) is 32.0 Å². The summed E-state index contributed by atoms with van der Waals surface area (Å²) in [4.78, 5) is 2.41. The third kappa shape index (κ3) is 4.36. The van der Waals surface area contributed by atoms with Gasteiger partial charge in [0.05, 0.1) is 0 Å². The predicted molar refractivity (Wildman–Crippen MR) is 75.2 cm³/mol. The zero-order chi connectivity index (χ0) is 12.7. The van der Waals surface area contributed by atoms with Crippen molar-refractivity contribution in [2.45, 2.75) is 33.4 Å². The fourth-order valence-electron chi connectivity index (χ4n) is 1.81. The smallest absolute Gasteiger partial charge is 0.0388 e. The molecule has 0 bridgehead atoms. The monoisotopic (exact) mass is 235 g/mol. The SMILES string of the molecule is CCN(CC)Cc1ccccc1NC(C)CN. The second-order valence-corrected chi connectivity index (χ2v) is 4.40. The Hall–Kier alpha value is -1.06. The van der Waals surface area contributed by atoms with Gasteiger partial charge in [-0.2, -0.15) is 0 Å². The number of hydrogen-bond acceptors (Lipinski definition) is 3. The first kappa shape index (κ1) is 14.0. The molecule has 0 heterocycles. The van der Waals surface area contributed by atoms with Gasteiger partial charge in [-0.25, -0.2) is 0 Å². The van der Waals surface area contributed by atoms with Gasteiger partial charge in [0.1, 0.15) is 0 Å². The number of para-hydroxylation sites is 1. The summed E-state index contributed by atoms with van der Waals surface area (Å²) in [6, 6.07) is 8.79. The summed E-state index contributed by atoms with van der Waals surface area (Å²) in [5.74, 6) is 0. The maximum absolute atomic E-state index is 5.65. The first-order valence-corrected chi connectivity index (χ1v) is 6.48. The van der Waals surface area contributed by atoms with Gasteiger partial charge in [-0.3, -0.25) is 4.90 Å². The third-order valence-electron chi connectivity index (χ3n) is 3.06. The summed E-state index contributed by atoms with van der Waals surface area (Å²) in [6.07, 6.45) is 0. The van der Waals surface area contributed by atoms with E-state index in [-0.39, 0.29) is 0 Å². The number of nitrogens with two attached hydrogens (primary N) is 1. The molecule has 0 aromatic heterocycles. The molecule has 0 fully saturated rings. The highest BCUT2D eigenvalue weighted by molar-refractivity contribution is 5.51. The molecule has 1 aromatic carbocycles. The summed E-state index contributed by atoms with van der Waals surface area (Å²) in [6.45, 7) is 10.3. The van der Waals surface area contributed by atoms with Crippen molar-refractivity contribution in [2.75, 3.05) is 25.0 Å². The van der Waals surface area contributed by atoms with Crippen LogP contribution in [0.5, 0.6) is 0 Å². The molecule has 0 saturated heterocycles. The van der Waals surface area contributed by atoms with E-state index in [4.69, 9.17) is 5.73 Å². The lowest BCUT2D eigenvalue weighted by Gasteiger charge is -2.22. The topological polar surface area (TPSA) is 41.3 Å². The van der Waals surface area contributed by atoms with Crippen LogP contribution in [0, 0.1) is 0 Å². The van der Waals surface area contributed by atoms with Gasteiger partial charge in [0.25, 0.3) is 0 Å². The third-order valence-corrected chi connectivity index (χ3v) is 3.06. The quantitative estimate of drug-likeness (QED) is 0.762. The molecule has 0 aliphatic heterocycles. The minimum atomic E-state index is 0.313. The van der Waals surface area contributed by atoms with E-state index in [2.05, 4.69) is 55.3 Å². The first-order valence-electron chi connectivity index (χ1n) is 6.48. The molecule has 96 valence electrons. The van der Waals surface area contributed by atoms with Crippen LogP contribution in [0.25, 0.3) is 0 Å². The normalized spacial score (nSPS) is 12.8. The second kappa shape index (κ2) is 7.30. The summed E-state index contributed by atoms with van der Waals surface area (Å²) in [5, 5.41) is 3.46. The second-order valence-electron chi connectivity index (χ2n) is 4.40. The minimum absolute atomic E-state index is 0.313. The molecular weight excluding hydrogens is 210 g/mol. The predicted octanol–water partition coefficient (Wildman–Crippen LogP) is 2.29. The zero-order valence-corrected chi connectivity index (χ0v) is 11.2. The van der Waals surface area contributed by atoms with E-state index in [9.17, 15) is 0 Å². The van der Waals surface area contributed by atoms with Gasteiger partial charge in [-0.15, -0.1) is 0 Å². The Bertz CT molecular complexity index is 321. The maximum atomic E-state index is 5.65. The molecule has 3 heteroatoms. The standard InChI is InChI=1S/C14H25N3/c1-4-17(5-2)11-13-8-6-7-9-14(13)16-12(3)10-15/h6-9,12,16H,4-5,10-11,15H2,1-3H3. The Morgan fingerprint density at radius 1 is 1.24 bits per heavy atom. The Labute approximate surface area is 105 Å². The van der Waals surface area contributed by atoms with E-state index >= 15 is 0 Å². The van der Waals surface area contributed by atoms with Gasteiger partial charge >= 0.3 is 0 Å². The van der Waals surface area contributed by atoms with Crippen molar-refractivity contribution in [2.24, 2.45) is 5.73 Å². The fourth-order valence-corrected chi connectivity index (χ4v) is 1.81. The lowest BCUT2D eigenvalue weighted by atomic mass is 10.1. The Morgan fingerprint density at radius 2 is 1.88 bits per heavy atom. The van der Waals surface area contributed by atoms with Crippen molar-refractivity contribution in [1.82, 2.24) is 4.90 Å². The Morgan fingerprint density at radius 3 is 2.47 bits per heavy atom. The molecule has 0 spiro atoms. The van der Waals surface area contributed by atoms with Crippen molar-refractivity contribution in [3.05, 3.63) is 29.8 Å². The van der Waals surface area contributed by atoms with Crippen LogP contribution in [-0.2, 0) is 6.54 Å². The lowest BCUT2D eigenvalue weighted by molar-refractivity contribution is 0.296. The van der Waals surface area contributed by atoms with Crippen molar-refractivity contribution in [3.8, 4) is 0 Å². The molecule has 1 unspecified atom stereocenters. The Kier molecular flexibility index (Phi) is 6.01. The average Bonchev–Trinajstić information content (AvgIpc) is 2.37. The summed E-state index contributed by atoms with van der Waals surface area (Å²) >= 11 is 0. The highest BCUT2D eigenvalue weighted by Gasteiger charge is 2.07. The van der Waals surface area contributed by atoms with Gasteiger partial charge in [0.15, 0.2) is 0 Å². The van der Waals surface area contributed by atoms with Gasteiger partial charge in [-0.05, 0) is 31.6 Å². The molecule has 3 nitrogen and oxygen atoms in total. The molecule has 0 saturated carbocycles. The number of nitrogens with one attached hydrogen (secondary N) is 1. The first-order chi connectivity index (χ1) is 8.21. The van der Waals surface area contributed by atoms with Gasteiger partial charge in [0.2, 0.25) is 0 Å². The van der Waals surface area contributed by atoms with Crippen LogP contribution >= 0.6 is 0 Å². The van der Waals surface area contributed by atoms with Crippen molar-refractivity contribution in [3.63, 3.8) is 0 Å². The molecule has 1 atom stereocenters. The molecule has 1 aromatic rings. The van der Waals surface area contributed by atoms with Crippen LogP contribution in [0.2, 0.25) is 0 Å². The minimum Gasteiger partial charge on any atom is -0.381 e. The highest BCUT2D eigenvalue weighted by Crippen LogP contribution is 2.17. The number of benzene rings is 1. The molecule has 0 aliphatic carbocycles. The van der Waals surface area contributed by atoms with Crippen molar-refractivity contribution < 1.29 is 0 Å². The van der Waals surface area contributed by atoms with E-state index in [1.807, 2.05) is 0 Å². The van der Waals surface area contributed by atoms with E-state index in [0.29, 0.717) is 12.6 Å².